The SMILES string of the molecule is CC1(O)CCCN(C(=O)NC(C)(C)C(C)(C)C(=O)O)C1. The van der Waals surface area contributed by atoms with E-state index in [1.54, 1.807) is 39.5 Å². The van der Waals surface area contributed by atoms with Crippen LogP contribution in [0.4, 0.5) is 4.79 Å². The van der Waals surface area contributed by atoms with Gasteiger partial charge < -0.3 is 20.4 Å². The molecule has 0 radical (unpaired) electrons. The fourth-order valence-corrected chi connectivity index (χ4v) is 2.16. The normalized spacial score (nSPS) is 24.4. The Morgan fingerprint density at radius 3 is 2.25 bits per heavy atom. The quantitative estimate of drug-likeness (QED) is 0.732. The van der Waals surface area contributed by atoms with Crippen molar-refractivity contribution in [3.05, 3.63) is 0 Å². The zero-order chi connectivity index (χ0) is 15.8. The highest BCUT2D eigenvalue weighted by molar-refractivity contribution is 5.79. The molecular weight excluding hydrogens is 260 g/mol. The number of nitrogens with one attached hydrogen (secondary N) is 1. The zero-order valence-electron chi connectivity index (χ0n) is 13.0. The fourth-order valence-electron chi connectivity index (χ4n) is 2.16. The lowest BCUT2D eigenvalue weighted by Gasteiger charge is -2.42. The molecule has 1 aliphatic heterocycles. The topological polar surface area (TPSA) is 89.9 Å². The number of amides is 2. The summed E-state index contributed by atoms with van der Waals surface area (Å²) in [6.45, 7) is 9.11. The number of hydrogen-bond acceptors (Lipinski definition) is 3. The Kier molecular flexibility index (Phi) is 4.39. The van der Waals surface area contributed by atoms with E-state index in [0.717, 1.165) is 6.42 Å². The van der Waals surface area contributed by atoms with E-state index in [4.69, 9.17) is 0 Å². The second-order valence-corrected chi connectivity index (χ2v) is 7.01. The number of urea groups is 1. The average molecular weight is 286 g/mol. The molecule has 2 amide bonds. The molecule has 0 aromatic carbocycles. The minimum atomic E-state index is -1.10. The van der Waals surface area contributed by atoms with Gasteiger partial charge >= 0.3 is 12.0 Å². The lowest BCUT2D eigenvalue weighted by Crippen LogP contribution is -2.61. The van der Waals surface area contributed by atoms with Gasteiger partial charge in [-0.05, 0) is 47.5 Å². The number of carbonyl (C=O) groups excluding carboxylic acids is 1. The minimum absolute atomic E-state index is 0.266. The first-order valence-corrected chi connectivity index (χ1v) is 6.92. The van der Waals surface area contributed by atoms with Crippen molar-refractivity contribution < 1.29 is 19.8 Å². The molecular formula is C14H26N2O4. The largest absolute Gasteiger partial charge is 0.481 e. The van der Waals surface area contributed by atoms with Gasteiger partial charge in [-0.1, -0.05) is 0 Å². The van der Waals surface area contributed by atoms with Crippen LogP contribution in [0.3, 0.4) is 0 Å². The summed E-state index contributed by atoms with van der Waals surface area (Å²) in [5.41, 5.74) is -2.87. The van der Waals surface area contributed by atoms with Crippen molar-refractivity contribution in [2.24, 2.45) is 5.41 Å². The van der Waals surface area contributed by atoms with E-state index in [1.807, 2.05) is 0 Å². The second kappa shape index (κ2) is 5.24. The average Bonchev–Trinajstić information content (AvgIpc) is 2.26. The van der Waals surface area contributed by atoms with Crippen LogP contribution in [0.15, 0.2) is 0 Å². The van der Waals surface area contributed by atoms with Crippen LogP contribution in [-0.4, -0.2) is 51.3 Å². The van der Waals surface area contributed by atoms with Crippen LogP contribution in [0.2, 0.25) is 0 Å². The predicted molar refractivity (Wildman–Crippen MR) is 75.5 cm³/mol. The van der Waals surface area contributed by atoms with Crippen LogP contribution in [-0.2, 0) is 4.79 Å². The summed E-state index contributed by atoms with van der Waals surface area (Å²) < 4.78 is 0. The number of carboxylic acid groups (broad SMARTS) is 1. The summed E-state index contributed by atoms with van der Waals surface area (Å²) in [6.07, 6.45) is 1.41. The number of carboxylic acids is 1. The zero-order valence-corrected chi connectivity index (χ0v) is 13.0. The molecule has 0 aromatic heterocycles. The van der Waals surface area contributed by atoms with Gasteiger partial charge in [0.05, 0.1) is 23.1 Å². The van der Waals surface area contributed by atoms with Crippen molar-refractivity contribution >= 4 is 12.0 Å². The molecule has 1 rings (SSSR count). The van der Waals surface area contributed by atoms with Crippen LogP contribution in [0.25, 0.3) is 0 Å². The molecule has 1 aliphatic rings. The lowest BCUT2D eigenvalue weighted by molar-refractivity contribution is -0.150. The van der Waals surface area contributed by atoms with Crippen molar-refractivity contribution in [1.29, 1.82) is 0 Å². The van der Waals surface area contributed by atoms with Crippen molar-refractivity contribution in [3.63, 3.8) is 0 Å². The number of β-amino-alcohol motifs (C(OH)–C–C–N with tert-alkyl or cyclic N) is 1. The Balaban J connectivity index is 2.77. The van der Waals surface area contributed by atoms with E-state index in [2.05, 4.69) is 5.32 Å². The summed E-state index contributed by atoms with van der Waals surface area (Å²) in [4.78, 5) is 25.2. The molecule has 3 N–H and O–H groups in total. The molecule has 0 aromatic rings. The maximum absolute atomic E-state index is 12.3. The van der Waals surface area contributed by atoms with Crippen molar-refractivity contribution in [2.75, 3.05) is 13.1 Å². The monoisotopic (exact) mass is 286 g/mol. The molecule has 6 nitrogen and oxygen atoms in total. The molecule has 1 heterocycles. The van der Waals surface area contributed by atoms with Gasteiger partial charge in [-0.3, -0.25) is 4.79 Å². The lowest BCUT2D eigenvalue weighted by atomic mass is 9.74. The highest BCUT2D eigenvalue weighted by Crippen LogP contribution is 2.31. The number of piperidine rings is 1. The number of rotatable bonds is 3. The first-order valence-electron chi connectivity index (χ1n) is 6.92. The first-order chi connectivity index (χ1) is 8.89. The number of carbonyl (C=O) groups is 2. The third-order valence-corrected chi connectivity index (χ3v) is 4.48. The number of aliphatic carboxylic acids is 1. The molecule has 0 aliphatic carbocycles. The van der Waals surface area contributed by atoms with Crippen LogP contribution in [0.5, 0.6) is 0 Å². The highest BCUT2D eigenvalue weighted by Gasteiger charge is 2.45. The maximum Gasteiger partial charge on any atom is 0.317 e. The van der Waals surface area contributed by atoms with E-state index >= 15 is 0 Å². The Hall–Kier alpha value is -1.30. The molecule has 1 fully saturated rings. The molecule has 116 valence electrons. The van der Waals surface area contributed by atoms with E-state index in [1.165, 1.54) is 0 Å². The van der Waals surface area contributed by atoms with Crippen LogP contribution >= 0.6 is 0 Å². The summed E-state index contributed by atoms with van der Waals surface area (Å²) in [6, 6.07) is -0.329. The molecule has 1 saturated heterocycles. The number of hydrogen-bond donors (Lipinski definition) is 3. The molecule has 0 bridgehead atoms. The van der Waals surface area contributed by atoms with Gasteiger partial charge in [-0.25, -0.2) is 4.79 Å². The van der Waals surface area contributed by atoms with Gasteiger partial charge in [0.1, 0.15) is 0 Å². The molecule has 20 heavy (non-hydrogen) atoms. The Bertz CT molecular complexity index is 402. The van der Waals surface area contributed by atoms with E-state index in [0.29, 0.717) is 13.0 Å². The third-order valence-electron chi connectivity index (χ3n) is 4.48. The van der Waals surface area contributed by atoms with Crippen molar-refractivity contribution in [1.82, 2.24) is 10.2 Å². The summed E-state index contributed by atoms with van der Waals surface area (Å²) >= 11 is 0. The maximum atomic E-state index is 12.3. The van der Waals surface area contributed by atoms with Gasteiger partial charge in [0.15, 0.2) is 0 Å². The standard InChI is InChI=1S/C14H26N2O4/c1-12(2,10(17)18)13(3,4)15-11(19)16-8-6-7-14(5,20)9-16/h20H,6-9H2,1-5H3,(H,15,19)(H,17,18). The van der Waals surface area contributed by atoms with Crippen molar-refractivity contribution in [3.8, 4) is 0 Å². The Labute approximate surface area is 120 Å². The first kappa shape index (κ1) is 16.8. The summed E-state index contributed by atoms with van der Waals surface area (Å²) in [7, 11) is 0. The highest BCUT2D eigenvalue weighted by atomic mass is 16.4. The van der Waals surface area contributed by atoms with Crippen LogP contribution < -0.4 is 5.32 Å². The molecule has 1 atom stereocenters. The molecule has 0 spiro atoms. The number of likely N-dealkylation sites (tertiary alicyclic amines) is 1. The van der Waals surface area contributed by atoms with Crippen LogP contribution in [0, 0.1) is 5.41 Å². The predicted octanol–water partition coefficient (Wildman–Crippen LogP) is 1.43. The van der Waals surface area contributed by atoms with Crippen molar-refractivity contribution in [2.45, 2.75) is 58.6 Å². The third kappa shape index (κ3) is 3.42. The second-order valence-electron chi connectivity index (χ2n) is 7.01. The van der Waals surface area contributed by atoms with E-state index < -0.39 is 22.5 Å². The van der Waals surface area contributed by atoms with Gasteiger partial charge in [-0.2, -0.15) is 0 Å². The number of aliphatic hydroxyl groups is 1. The van der Waals surface area contributed by atoms with E-state index in [-0.39, 0.29) is 12.6 Å². The summed E-state index contributed by atoms with van der Waals surface area (Å²) in [5.74, 6) is -0.964. The van der Waals surface area contributed by atoms with Crippen LogP contribution in [0.1, 0.15) is 47.5 Å². The van der Waals surface area contributed by atoms with Gasteiger partial charge in [0.2, 0.25) is 0 Å². The summed E-state index contributed by atoms with van der Waals surface area (Å²) in [5, 5.41) is 22.1. The Morgan fingerprint density at radius 2 is 1.80 bits per heavy atom. The molecule has 0 saturated carbocycles. The van der Waals surface area contributed by atoms with Gasteiger partial charge in [0, 0.05) is 6.54 Å². The fraction of sp³-hybridized carbons (Fsp3) is 0.857. The smallest absolute Gasteiger partial charge is 0.317 e. The number of nitrogens with zero attached hydrogens (tertiary/aromatic N) is 1. The van der Waals surface area contributed by atoms with Gasteiger partial charge in [-0.15, -0.1) is 0 Å². The molecule has 1 unspecified atom stereocenters. The van der Waals surface area contributed by atoms with E-state index in [9.17, 15) is 19.8 Å². The Morgan fingerprint density at radius 1 is 1.25 bits per heavy atom. The van der Waals surface area contributed by atoms with Gasteiger partial charge in [0.25, 0.3) is 0 Å². The molecule has 6 heteroatoms. The minimum Gasteiger partial charge on any atom is -0.481 e.